The van der Waals surface area contributed by atoms with E-state index in [2.05, 4.69) is 42.3 Å². The molecule has 0 amide bonds. The minimum Gasteiger partial charge on any atom is -0.369 e. The molecule has 1 aromatic carbocycles. The summed E-state index contributed by atoms with van der Waals surface area (Å²) in [6, 6.07) is 11.3. The van der Waals surface area contributed by atoms with Crippen LogP contribution in [0.1, 0.15) is 30.9 Å². The number of likely N-dealkylation sites (tertiary alicyclic amines) is 1. The second-order valence-corrected chi connectivity index (χ2v) is 5.00. The minimum atomic E-state index is 0.316. The van der Waals surface area contributed by atoms with Crippen molar-refractivity contribution >= 4 is 0 Å². The van der Waals surface area contributed by atoms with E-state index in [9.17, 15) is 0 Å². The van der Waals surface area contributed by atoms with Crippen molar-refractivity contribution in [1.29, 1.82) is 0 Å². The van der Waals surface area contributed by atoms with Crippen LogP contribution in [0.3, 0.4) is 0 Å². The Kier molecular flexibility index (Phi) is 2.70. The van der Waals surface area contributed by atoms with Gasteiger partial charge in [-0.1, -0.05) is 30.3 Å². The summed E-state index contributed by atoms with van der Waals surface area (Å²) in [5.74, 6) is 0. The maximum atomic E-state index is 6.18. The Morgan fingerprint density at radius 3 is 2.81 bits per heavy atom. The smallest absolute Gasteiger partial charge is 0.0845 e. The Morgan fingerprint density at radius 2 is 2.06 bits per heavy atom. The van der Waals surface area contributed by atoms with Crippen LogP contribution < -0.4 is 0 Å². The van der Waals surface area contributed by atoms with Crippen molar-refractivity contribution in [3.63, 3.8) is 0 Å². The molecule has 86 valence electrons. The summed E-state index contributed by atoms with van der Waals surface area (Å²) in [6.45, 7) is 1.23. The summed E-state index contributed by atoms with van der Waals surface area (Å²) in [6.07, 6.45) is 4.45. The molecule has 2 aliphatic rings. The molecule has 2 fully saturated rings. The zero-order valence-electron chi connectivity index (χ0n) is 9.80. The van der Waals surface area contributed by atoms with Crippen LogP contribution in [-0.2, 0) is 4.74 Å². The van der Waals surface area contributed by atoms with Crippen molar-refractivity contribution in [3.05, 3.63) is 35.9 Å². The normalized spacial score (nSPS) is 34.9. The van der Waals surface area contributed by atoms with Crippen LogP contribution in [0.5, 0.6) is 0 Å². The molecule has 2 heteroatoms. The van der Waals surface area contributed by atoms with Gasteiger partial charge >= 0.3 is 0 Å². The summed E-state index contributed by atoms with van der Waals surface area (Å²) in [4.78, 5) is 2.47. The molecule has 2 heterocycles. The van der Waals surface area contributed by atoms with E-state index in [1.54, 1.807) is 0 Å². The maximum absolute atomic E-state index is 6.18. The largest absolute Gasteiger partial charge is 0.369 e. The summed E-state index contributed by atoms with van der Waals surface area (Å²) in [7, 11) is 2.23. The summed E-state index contributed by atoms with van der Waals surface area (Å²) >= 11 is 0. The quantitative estimate of drug-likeness (QED) is 0.717. The number of rotatable bonds is 1. The van der Waals surface area contributed by atoms with Gasteiger partial charge in [0.05, 0.1) is 12.2 Å². The zero-order chi connectivity index (χ0) is 11.0. The van der Waals surface area contributed by atoms with E-state index in [4.69, 9.17) is 4.74 Å². The van der Waals surface area contributed by atoms with Crippen LogP contribution in [0.4, 0.5) is 0 Å². The molecule has 0 aromatic heterocycles. The van der Waals surface area contributed by atoms with Crippen molar-refractivity contribution in [2.75, 3.05) is 13.6 Å². The van der Waals surface area contributed by atoms with Gasteiger partial charge in [-0.05, 0) is 38.4 Å². The Hall–Kier alpha value is -0.860. The standard InChI is InChI=1S/C14H19NO/c1-15-9-5-8-13-12(15)10-14(16-13)11-6-3-2-4-7-11/h2-4,6-7,12-14H,5,8-10H2,1H3/t12-,13+,14?/m0/s1. The third-order valence-corrected chi connectivity index (χ3v) is 3.96. The third-order valence-electron chi connectivity index (χ3n) is 3.96. The predicted molar refractivity (Wildman–Crippen MR) is 64.3 cm³/mol. The topological polar surface area (TPSA) is 12.5 Å². The fourth-order valence-corrected chi connectivity index (χ4v) is 3.04. The van der Waals surface area contributed by atoms with Crippen molar-refractivity contribution in [3.8, 4) is 0 Å². The van der Waals surface area contributed by atoms with Gasteiger partial charge in [0, 0.05) is 6.04 Å². The first-order valence-electron chi connectivity index (χ1n) is 6.25. The van der Waals surface area contributed by atoms with Crippen molar-refractivity contribution in [1.82, 2.24) is 4.90 Å². The zero-order valence-corrected chi connectivity index (χ0v) is 9.80. The molecule has 3 rings (SSSR count). The summed E-state index contributed by atoms with van der Waals surface area (Å²) in [5.41, 5.74) is 1.34. The molecular formula is C14H19NO. The van der Waals surface area contributed by atoms with Crippen molar-refractivity contribution in [2.24, 2.45) is 0 Å². The molecule has 2 aliphatic heterocycles. The van der Waals surface area contributed by atoms with Gasteiger partial charge in [-0.3, -0.25) is 0 Å². The van der Waals surface area contributed by atoms with E-state index in [0.29, 0.717) is 18.2 Å². The average molecular weight is 217 g/mol. The highest BCUT2D eigenvalue weighted by Crippen LogP contribution is 2.38. The number of benzene rings is 1. The number of nitrogens with zero attached hydrogens (tertiary/aromatic N) is 1. The number of hydrogen-bond acceptors (Lipinski definition) is 2. The van der Waals surface area contributed by atoms with Crippen molar-refractivity contribution in [2.45, 2.75) is 37.5 Å². The van der Waals surface area contributed by atoms with E-state index < -0.39 is 0 Å². The first kappa shape index (κ1) is 10.3. The van der Waals surface area contributed by atoms with Gasteiger partial charge in [0.25, 0.3) is 0 Å². The lowest BCUT2D eigenvalue weighted by atomic mass is 9.96. The Balaban J connectivity index is 1.77. The second-order valence-electron chi connectivity index (χ2n) is 5.00. The highest BCUT2D eigenvalue weighted by Gasteiger charge is 2.39. The van der Waals surface area contributed by atoms with Crippen LogP contribution in [-0.4, -0.2) is 30.6 Å². The Labute approximate surface area is 97.2 Å². The molecular weight excluding hydrogens is 198 g/mol. The molecule has 0 spiro atoms. The number of hydrogen-bond donors (Lipinski definition) is 0. The van der Waals surface area contributed by atoms with Gasteiger partial charge in [0.15, 0.2) is 0 Å². The first-order chi connectivity index (χ1) is 7.84. The first-order valence-corrected chi connectivity index (χ1v) is 6.25. The van der Waals surface area contributed by atoms with Gasteiger partial charge in [0.1, 0.15) is 0 Å². The number of piperidine rings is 1. The van der Waals surface area contributed by atoms with Crippen LogP contribution in [0.2, 0.25) is 0 Å². The summed E-state index contributed by atoms with van der Waals surface area (Å²) < 4.78 is 6.18. The average Bonchev–Trinajstić information content (AvgIpc) is 2.76. The van der Waals surface area contributed by atoms with Crippen molar-refractivity contribution < 1.29 is 4.74 Å². The van der Waals surface area contributed by atoms with Gasteiger partial charge in [0.2, 0.25) is 0 Å². The molecule has 2 saturated heterocycles. The lowest BCUT2D eigenvalue weighted by molar-refractivity contribution is 0.00270. The molecule has 16 heavy (non-hydrogen) atoms. The highest BCUT2D eigenvalue weighted by atomic mass is 16.5. The van der Waals surface area contributed by atoms with Crippen LogP contribution in [0.25, 0.3) is 0 Å². The Morgan fingerprint density at radius 1 is 1.25 bits per heavy atom. The van der Waals surface area contributed by atoms with Crippen LogP contribution in [0.15, 0.2) is 30.3 Å². The fourth-order valence-electron chi connectivity index (χ4n) is 3.04. The molecule has 0 radical (unpaired) electrons. The lowest BCUT2D eigenvalue weighted by Gasteiger charge is -2.33. The monoisotopic (exact) mass is 217 g/mol. The van der Waals surface area contributed by atoms with Gasteiger partial charge in [-0.15, -0.1) is 0 Å². The number of likely N-dealkylation sites (N-methyl/N-ethyl adjacent to an activating group) is 1. The molecule has 0 N–H and O–H groups in total. The minimum absolute atomic E-state index is 0.316. The molecule has 2 nitrogen and oxygen atoms in total. The molecule has 0 bridgehead atoms. The molecule has 0 saturated carbocycles. The summed E-state index contributed by atoms with van der Waals surface area (Å²) in [5, 5.41) is 0. The van der Waals surface area contributed by atoms with Gasteiger partial charge in [-0.25, -0.2) is 0 Å². The molecule has 0 aliphatic carbocycles. The van der Waals surface area contributed by atoms with Crippen LogP contribution >= 0.6 is 0 Å². The second kappa shape index (κ2) is 4.19. The maximum Gasteiger partial charge on any atom is 0.0845 e. The van der Waals surface area contributed by atoms with E-state index >= 15 is 0 Å². The van der Waals surface area contributed by atoms with Gasteiger partial charge < -0.3 is 9.64 Å². The van der Waals surface area contributed by atoms with E-state index in [0.717, 1.165) is 6.42 Å². The fraction of sp³-hybridized carbons (Fsp3) is 0.571. The highest BCUT2D eigenvalue weighted by molar-refractivity contribution is 5.19. The number of fused-ring (bicyclic) bond motifs is 1. The third kappa shape index (κ3) is 1.76. The van der Waals surface area contributed by atoms with Gasteiger partial charge in [-0.2, -0.15) is 0 Å². The molecule has 3 atom stereocenters. The predicted octanol–water partition coefficient (Wildman–Crippen LogP) is 2.61. The van der Waals surface area contributed by atoms with E-state index in [1.807, 2.05) is 0 Å². The van der Waals surface area contributed by atoms with E-state index in [1.165, 1.54) is 24.9 Å². The lowest BCUT2D eigenvalue weighted by Crippen LogP contribution is -2.42. The van der Waals surface area contributed by atoms with E-state index in [-0.39, 0.29) is 0 Å². The molecule has 1 unspecified atom stereocenters. The number of ether oxygens (including phenoxy) is 1. The SMILES string of the molecule is CN1CCC[C@H]2OC(c3ccccc3)C[C@@H]21. The van der Waals surface area contributed by atoms with Crippen LogP contribution in [0, 0.1) is 0 Å². The molecule has 1 aromatic rings. The Bertz CT molecular complexity index is 351.